The molecule has 0 bridgehead atoms. The molecule has 0 aliphatic carbocycles. The number of carboxylic acid groups (broad SMARTS) is 1. The van der Waals surface area contributed by atoms with Crippen molar-refractivity contribution in [2.45, 2.75) is 20.0 Å². The molecule has 0 unspecified atom stereocenters. The minimum atomic E-state index is -1.07. The van der Waals surface area contributed by atoms with Gasteiger partial charge in [-0.05, 0) is 19.1 Å². The fraction of sp³-hybridized carbons (Fsp3) is 0.214. The van der Waals surface area contributed by atoms with Gasteiger partial charge in [0.2, 0.25) is 0 Å². The molecule has 0 saturated heterocycles. The average Bonchev–Trinajstić information content (AvgIpc) is 2.40. The Morgan fingerprint density at radius 1 is 1.35 bits per heavy atom. The van der Waals surface area contributed by atoms with E-state index in [1.165, 1.54) is 6.20 Å². The van der Waals surface area contributed by atoms with Crippen molar-refractivity contribution in [2.24, 2.45) is 0 Å². The number of aliphatic carboxylic acids is 1. The molecule has 0 fully saturated rings. The molecule has 20 heavy (non-hydrogen) atoms. The van der Waals surface area contributed by atoms with Crippen LogP contribution in [0, 0.1) is 6.92 Å². The Morgan fingerprint density at radius 3 is 2.65 bits per heavy atom. The van der Waals surface area contributed by atoms with E-state index in [9.17, 15) is 9.59 Å². The maximum Gasteiger partial charge on any atom is 0.308 e. The number of nitrogens with zero attached hydrogens (tertiary/aromatic N) is 1. The number of nitrogens with one attached hydrogen (secondary N) is 1. The van der Waals surface area contributed by atoms with Crippen LogP contribution in [-0.4, -0.2) is 21.0 Å². The second-order valence-electron chi connectivity index (χ2n) is 4.36. The van der Waals surface area contributed by atoms with Gasteiger partial charge in [0.05, 0.1) is 6.42 Å². The molecule has 0 spiro atoms. The fourth-order valence-corrected chi connectivity index (χ4v) is 1.61. The predicted octanol–water partition coefficient (Wildman–Crippen LogP) is 1.28. The number of H-pyrrole nitrogens is 1. The largest absolute Gasteiger partial charge is 0.486 e. The molecule has 6 nitrogen and oxygen atoms in total. The zero-order valence-electron chi connectivity index (χ0n) is 10.9. The number of aromatic amines is 1. The molecule has 2 N–H and O–H groups in total. The van der Waals surface area contributed by atoms with Gasteiger partial charge in [-0.3, -0.25) is 9.59 Å². The van der Waals surface area contributed by atoms with Crippen molar-refractivity contribution < 1.29 is 14.6 Å². The van der Waals surface area contributed by atoms with Crippen molar-refractivity contribution in [1.29, 1.82) is 0 Å². The van der Waals surface area contributed by atoms with Gasteiger partial charge >= 0.3 is 5.97 Å². The second kappa shape index (κ2) is 6.01. The lowest BCUT2D eigenvalue weighted by atomic mass is 10.2. The minimum absolute atomic E-state index is 0.117. The van der Waals surface area contributed by atoms with Crippen LogP contribution in [0.2, 0.25) is 0 Å². The predicted molar refractivity (Wildman–Crippen MR) is 71.7 cm³/mol. The maximum atomic E-state index is 11.6. The zero-order valence-corrected chi connectivity index (χ0v) is 10.9. The molecule has 0 aliphatic rings. The lowest BCUT2D eigenvalue weighted by Crippen LogP contribution is -2.19. The molecule has 104 valence electrons. The van der Waals surface area contributed by atoms with E-state index < -0.39 is 11.5 Å². The molecule has 2 aromatic rings. The number of ether oxygens (including phenoxy) is 1. The van der Waals surface area contributed by atoms with Gasteiger partial charge in [-0.1, -0.05) is 17.7 Å². The second-order valence-corrected chi connectivity index (χ2v) is 4.36. The Bertz CT molecular complexity index is 662. The summed E-state index contributed by atoms with van der Waals surface area (Å²) in [6.07, 6.45) is 0.919. The number of benzene rings is 1. The number of hydrogen-bond acceptors (Lipinski definition) is 4. The van der Waals surface area contributed by atoms with Crippen molar-refractivity contribution in [2.75, 3.05) is 0 Å². The number of aryl methyl sites for hydroxylation is 1. The van der Waals surface area contributed by atoms with Crippen LogP contribution in [0.25, 0.3) is 0 Å². The van der Waals surface area contributed by atoms with Crippen LogP contribution in [0.3, 0.4) is 0 Å². The van der Waals surface area contributed by atoms with E-state index in [1.54, 1.807) is 0 Å². The summed E-state index contributed by atoms with van der Waals surface area (Å²) < 4.78 is 5.47. The summed E-state index contributed by atoms with van der Waals surface area (Å²) >= 11 is 0. The Kier molecular flexibility index (Phi) is 4.14. The molecular weight excluding hydrogens is 260 g/mol. The Hall–Kier alpha value is -2.63. The van der Waals surface area contributed by atoms with Crippen LogP contribution < -0.4 is 10.3 Å². The van der Waals surface area contributed by atoms with Crippen LogP contribution in [0.4, 0.5) is 0 Å². The molecule has 0 radical (unpaired) electrons. The molecular formula is C14H14N2O4. The molecule has 1 heterocycles. The quantitative estimate of drug-likeness (QED) is 0.857. The first-order chi connectivity index (χ1) is 9.54. The van der Waals surface area contributed by atoms with E-state index in [2.05, 4.69) is 9.97 Å². The molecule has 1 aromatic heterocycles. The average molecular weight is 274 g/mol. The number of aromatic nitrogens is 2. The van der Waals surface area contributed by atoms with Gasteiger partial charge in [-0.2, -0.15) is 0 Å². The standard InChI is InChI=1S/C14H14N2O4/c1-9-2-4-11(5-3-9)20-8-12-15-7-10(6-13(17)18)14(19)16-12/h2-5,7H,6,8H2,1H3,(H,17,18)(H,15,16,19). The zero-order chi connectivity index (χ0) is 14.5. The summed E-state index contributed by atoms with van der Waals surface area (Å²) in [6, 6.07) is 7.49. The monoisotopic (exact) mass is 274 g/mol. The van der Waals surface area contributed by atoms with Crippen LogP contribution >= 0.6 is 0 Å². The summed E-state index contributed by atoms with van der Waals surface area (Å²) in [6.45, 7) is 2.09. The van der Waals surface area contributed by atoms with Gasteiger partial charge in [-0.15, -0.1) is 0 Å². The van der Waals surface area contributed by atoms with Crippen LogP contribution in [0.1, 0.15) is 17.0 Å². The lowest BCUT2D eigenvalue weighted by Gasteiger charge is -2.06. The van der Waals surface area contributed by atoms with Crippen LogP contribution in [0.5, 0.6) is 5.75 Å². The van der Waals surface area contributed by atoms with E-state index in [4.69, 9.17) is 9.84 Å². The van der Waals surface area contributed by atoms with Crippen molar-refractivity contribution in [1.82, 2.24) is 9.97 Å². The SMILES string of the molecule is Cc1ccc(OCc2ncc(CC(=O)O)c(=O)[nH]2)cc1. The third-order valence-electron chi connectivity index (χ3n) is 2.66. The molecule has 0 saturated carbocycles. The highest BCUT2D eigenvalue weighted by molar-refractivity contribution is 5.69. The van der Waals surface area contributed by atoms with E-state index in [1.807, 2.05) is 31.2 Å². The lowest BCUT2D eigenvalue weighted by molar-refractivity contribution is -0.136. The molecule has 6 heteroatoms. The normalized spacial score (nSPS) is 10.2. The first-order valence-corrected chi connectivity index (χ1v) is 6.03. The summed E-state index contributed by atoms with van der Waals surface area (Å²) in [5.74, 6) is -0.0430. The first-order valence-electron chi connectivity index (χ1n) is 6.03. The van der Waals surface area contributed by atoms with Gasteiger partial charge in [0.15, 0.2) is 0 Å². The highest BCUT2D eigenvalue weighted by Gasteiger charge is 2.07. The van der Waals surface area contributed by atoms with Crippen LogP contribution in [0.15, 0.2) is 35.3 Å². The van der Waals surface area contributed by atoms with Gasteiger partial charge in [0.1, 0.15) is 18.2 Å². The van der Waals surface area contributed by atoms with E-state index in [0.717, 1.165) is 5.56 Å². The van der Waals surface area contributed by atoms with Crippen molar-refractivity contribution in [3.05, 3.63) is 57.8 Å². The van der Waals surface area contributed by atoms with Crippen LogP contribution in [-0.2, 0) is 17.8 Å². The highest BCUT2D eigenvalue weighted by atomic mass is 16.5. The fourth-order valence-electron chi connectivity index (χ4n) is 1.61. The van der Waals surface area contributed by atoms with Gasteiger partial charge in [0, 0.05) is 11.8 Å². The summed E-state index contributed by atoms with van der Waals surface area (Å²) in [5.41, 5.74) is 0.795. The minimum Gasteiger partial charge on any atom is -0.486 e. The maximum absolute atomic E-state index is 11.6. The van der Waals surface area contributed by atoms with Gasteiger partial charge in [-0.25, -0.2) is 4.98 Å². The topological polar surface area (TPSA) is 92.3 Å². The summed E-state index contributed by atoms with van der Waals surface area (Å²) in [5, 5.41) is 8.63. The number of carbonyl (C=O) groups is 1. The first kappa shape index (κ1) is 13.8. The molecule has 1 aromatic carbocycles. The van der Waals surface area contributed by atoms with Gasteiger partial charge < -0.3 is 14.8 Å². The Morgan fingerprint density at radius 2 is 2.05 bits per heavy atom. The van der Waals surface area contributed by atoms with Crippen molar-refractivity contribution in [3.8, 4) is 5.75 Å². The Balaban J connectivity index is 2.03. The number of hydrogen-bond donors (Lipinski definition) is 2. The third-order valence-corrected chi connectivity index (χ3v) is 2.66. The molecule has 2 rings (SSSR count). The third kappa shape index (κ3) is 3.68. The van der Waals surface area contributed by atoms with E-state index >= 15 is 0 Å². The Labute approximate surface area is 115 Å². The molecule has 0 aliphatic heterocycles. The van der Waals surface area contributed by atoms with E-state index in [0.29, 0.717) is 11.6 Å². The number of rotatable bonds is 5. The number of carboxylic acids is 1. The molecule has 0 atom stereocenters. The summed E-state index contributed by atoms with van der Waals surface area (Å²) in [7, 11) is 0. The highest BCUT2D eigenvalue weighted by Crippen LogP contribution is 2.12. The van der Waals surface area contributed by atoms with Crippen molar-refractivity contribution >= 4 is 5.97 Å². The van der Waals surface area contributed by atoms with Gasteiger partial charge in [0.25, 0.3) is 5.56 Å². The van der Waals surface area contributed by atoms with E-state index in [-0.39, 0.29) is 18.6 Å². The summed E-state index contributed by atoms with van der Waals surface area (Å²) in [4.78, 5) is 28.6. The molecule has 0 amide bonds. The smallest absolute Gasteiger partial charge is 0.308 e. The van der Waals surface area contributed by atoms with Crippen molar-refractivity contribution in [3.63, 3.8) is 0 Å².